The third-order valence-electron chi connectivity index (χ3n) is 7.65. The SMILES string of the molecule is CC1(C)CCc2c(Cc3ccccc3)nn(-c3ccc(C(N)=O)c(NC4CCC(O)CC4)c3)c2C1. The lowest BCUT2D eigenvalue weighted by Gasteiger charge is -2.30. The minimum atomic E-state index is -0.441. The standard InChI is InChI=1S/C29H36N4O2/c1-29(2)15-14-23-26(16-19-6-4-3-5-7-19)32-33(27(23)18-29)21-10-13-24(28(30)35)25(17-21)31-20-8-11-22(34)12-9-20/h3-7,10,13,17,20,22,31,34H,8-9,11-12,14-16,18H2,1-2H3,(H2,30,35). The van der Waals surface area contributed by atoms with Crippen LogP contribution in [0.1, 0.15) is 78.8 Å². The molecule has 1 amide bonds. The molecule has 3 aromatic rings. The Morgan fingerprint density at radius 2 is 1.89 bits per heavy atom. The first-order valence-corrected chi connectivity index (χ1v) is 12.8. The molecule has 0 unspecified atom stereocenters. The van der Waals surface area contributed by atoms with Gasteiger partial charge in [0.2, 0.25) is 0 Å². The molecule has 6 heteroatoms. The van der Waals surface area contributed by atoms with Gasteiger partial charge in [0.15, 0.2) is 0 Å². The highest BCUT2D eigenvalue weighted by molar-refractivity contribution is 5.99. The van der Waals surface area contributed by atoms with Gasteiger partial charge in [-0.1, -0.05) is 44.2 Å². The second kappa shape index (κ2) is 9.50. The third-order valence-corrected chi connectivity index (χ3v) is 7.65. The van der Waals surface area contributed by atoms with E-state index in [4.69, 9.17) is 10.8 Å². The summed E-state index contributed by atoms with van der Waals surface area (Å²) in [6.45, 7) is 4.65. The van der Waals surface area contributed by atoms with Gasteiger partial charge in [-0.2, -0.15) is 5.10 Å². The van der Waals surface area contributed by atoms with Crippen molar-refractivity contribution in [3.63, 3.8) is 0 Å². The van der Waals surface area contributed by atoms with Crippen LogP contribution in [0, 0.1) is 5.41 Å². The number of nitrogens with one attached hydrogen (secondary N) is 1. The van der Waals surface area contributed by atoms with Crippen LogP contribution in [0.25, 0.3) is 5.69 Å². The Hall–Kier alpha value is -3.12. The van der Waals surface area contributed by atoms with Gasteiger partial charge in [0.05, 0.1) is 23.0 Å². The number of hydrogen-bond donors (Lipinski definition) is 3. The van der Waals surface area contributed by atoms with Crippen LogP contribution < -0.4 is 11.1 Å². The summed E-state index contributed by atoms with van der Waals surface area (Å²) in [4.78, 5) is 12.2. The number of benzene rings is 2. The van der Waals surface area contributed by atoms with E-state index >= 15 is 0 Å². The topological polar surface area (TPSA) is 93.2 Å². The number of anilines is 1. The number of primary amides is 1. The minimum absolute atomic E-state index is 0.214. The maximum Gasteiger partial charge on any atom is 0.250 e. The van der Waals surface area contributed by atoms with Crippen molar-refractivity contribution in [3.05, 3.63) is 76.6 Å². The Bertz CT molecular complexity index is 1210. The number of rotatable bonds is 6. The van der Waals surface area contributed by atoms with Gasteiger partial charge in [-0.3, -0.25) is 4.79 Å². The normalized spacial score (nSPS) is 21.3. The number of aliphatic hydroxyl groups excluding tert-OH is 1. The van der Waals surface area contributed by atoms with E-state index in [1.807, 2.05) is 24.3 Å². The van der Waals surface area contributed by atoms with E-state index < -0.39 is 5.91 Å². The molecule has 1 heterocycles. The molecule has 1 fully saturated rings. The van der Waals surface area contributed by atoms with Gasteiger partial charge < -0.3 is 16.2 Å². The Balaban J connectivity index is 1.53. The number of carbonyl (C=O) groups is 1. The molecule has 0 spiro atoms. The average Bonchev–Trinajstić information content (AvgIpc) is 3.17. The van der Waals surface area contributed by atoms with Crippen LogP contribution in [0.15, 0.2) is 48.5 Å². The highest BCUT2D eigenvalue weighted by Gasteiger charge is 2.31. The number of fused-ring (bicyclic) bond motifs is 1. The highest BCUT2D eigenvalue weighted by Crippen LogP contribution is 2.38. The lowest BCUT2D eigenvalue weighted by molar-refractivity contribution is 0.100. The molecule has 0 bridgehead atoms. The Morgan fingerprint density at radius 1 is 1.14 bits per heavy atom. The molecule has 35 heavy (non-hydrogen) atoms. The molecule has 0 radical (unpaired) electrons. The lowest BCUT2D eigenvalue weighted by Crippen LogP contribution is -2.29. The van der Waals surface area contributed by atoms with Crippen LogP contribution >= 0.6 is 0 Å². The smallest absolute Gasteiger partial charge is 0.250 e. The Labute approximate surface area is 207 Å². The van der Waals surface area contributed by atoms with Crippen molar-refractivity contribution in [3.8, 4) is 5.69 Å². The lowest BCUT2D eigenvalue weighted by atomic mass is 9.76. The number of hydrogen-bond acceptors (Lipinski definition) is 4. The molecule has 2 aliphatic carbocycles. The predicted molar refractivity (Wildman–Crippen MR) is 139 cm³/mol. The molecular formula is C29H36N4O2. The predicted octanol–water partition coefficient (Wildman–Crippen LogP) is 4.79. The molecule has 1 aromatic heterocycles. The van der Waals surface area contributed by atoms with Crippen LogP contribution in [0.5, 0.6) is 0 Å². The zero-order valence-corrected chi connectivity index (χ0v) is 20.8. The quantitative estimate of drug-likeness (QED) is 0.481. The van der Waals surface area contributed by atoms with Gasteiger partial charge in [0.1, 0.15) is 0 Å². The zero-order chi connectivity index (χ0) is 24.6. The molecule has 2 aliphatic rings. The van der Waals surface area contributed by atoms with Gasteiger partial charge >= 0.3 is 0 Å². The first-order chi connectivity index (χ1) is 16.8. The summed E-state index contributed by atoms with van der Waals surface area (Å²) in [6.07, 6.45) is 7.01. The van der Waals surface area contributed by atoms with E-state index in [0.29, 0.717) is 5.56 Å². The van der Waals surface area contributed by atoms with E-state index in [0.717, 1.165) is 68.4 Å². The van der Waals surface area contributed by atoms with Gasteiger partial charge in [0, 0.05) is 23.8 Å². The van der Waals surface area contributed by atoms with E-state index in [1.165, 1.54) is 16.8 Å². The van der Waals surface area contributed by atoms with Crippen molar-refractivity contribution < 1.29 is 9.90 Å². The first kappa shape index (κ1) is 23.6. The fourth-order valence-electron chi connectivity index (χ4n) is 5.59. The molecule has 2 aromatic carbocycles. The highest BCUT2D eigenvalue weighted by atomic mass is 16.3. The maximum atomic E-state index is 12.2. The molecule has 0 aliphatic heterocycles. The molecule has 184 valence electrons. The summed E-state index contributed by atoms with van der Waals surface area (Å²) in [5, 5.41) is 18.6. The summed E-state index contributed by atoms with van der Waals surface area (Å²) in [5.74, 6) is -0.441. The monoisotopic (exact) mass is 472 g/mol. The van der Waals surface area contributed by atoms with Gasteiger partial charge in [-0.15, -0.1) is 0 Å². The Morgan fingerprint density at radius 3 is 2.60 bits per heavy atom. The fourth-order valence-corrected chi connectivity index (χ4v) is 5.59. The number of nitrogens with two attached hydrogens (primary N) is 1. The van der Waals surface area contributed by atoms with E-state index in [2.05, 4.69) is 48.1 Å². The van der Waals surface area contributed by atoms with E-state index in [9.17, 15) is 9.90 Å². The second-order valence-corrected chi connectivity index (χ2v) is 11.0. The number of aliphatic hydroxyl groups is 1. The van der Waals surface area contributed by atoms with Crippen molar-refractivity contribution >= 4 is 11.6 Å². The average molecular weight is 473 g/mol. The van der Waals surface area contributed by atoms with Gasteiger partial charge in [0.25, 0.3) is 5.91 Å². The maximum absolute atomic E-state index is 12.2. The van der Waals surface area contributed by atoms with E-state index in [1.54, 1.807) is 0 Å². The van der Waals surface area contributed by atoms with Crippen molar-refractivity contribution in [2.45, 2.75) is 77.4 Å². The second-order valence-electron chi connectivity index (χ2n) is 11.0. The van der Waals surface area contributed by atoms with Crippen LogP contribution in [-0.2, 0) is 19.3 Å². The molecule has 0 saturated heterocycles. The zero-order valence-electron chi connectivity index (χ0n) is 20.8. The number of nitrogens with zero attached hydrogens (tertiary/aromatic N) is 2. The van der Waals surface area contributed by atoms with Crippen LogP contribution in [0.2, 0.25) is 0 Å². The van der Waals surface area contributed by atoms with Crippen LogP contribution in [-0.4, -0.2) is 32.9 Å². The first-order valence-electron chi connectivity index (χ1n) is 12.8. The minimum Gasteiger partial charge on any atom is -0.393 e. The van der Waals surface area contributed by atoms with Crippen molar-refractivity contribution in [1.82, 2.24) is 9.78 Å². The molecule has 4 N–H and O–H groups in total. The third kappa shape index (κ3) is 5.13. The van der Waals surface area contributed by atoms with Gasteiger partial charge in [-0.05, 0) is 79.7 Å². The summed E-state index contributed by atoms with van der Waals surface area (Å²) >= 11 is 0. The molecule has 5 rings (SSSR count). The van der Waals surface area contributed by atoms with Gasteiger partial charge in [-0.25, -0.2) is 4.68 Å². The van der Waals surface area contributed by atoms with Crippen molar-refractivity contribution in [2.24, 2.45) is 11.1 Å². The molecule has 0 atom stereocenters. The fraction of sp³-hybridized carbons (Fsp3) is 0.448. The molecule has 1 saturated carbocycles. The van der Waals surface area contributed by atoms with Crippen molar-refractivity contribution in [2.75, 3.05) is 5.32 Å². The Kier molecular flexibility index (Phi) is 6.41. The van der Waals surface area contributed by atoms with E-state index in [-0.39, 0.29) is 17.6 Å². The summed E-state index contributed by atoms with van der Waals surface area (Å²) in [5.41, 5.74) is 13.2. The van der Waals surface area contributed by atoms with Crippen molar-refractivity contribution in [1.29, 1.82) is 0 Å². The number of carbonyl (C=O) groups excluding carboxylic acids is 1. The van der Waals surface area contributed by atoms with Crippen LogP contribution in [0.4, 0.5) is 5.69 Å². The number of amides is 1. The largest absolute Gasteiger partial charge is 0.393 e. The molecular weight excluding hydrogens is 436 g/mol. The van der Waals surface area contributed by atoms with Crippen LogP contribution in [0.3, 0.4) is 0 Å². The summed E-state index contributed by atoms with van der Waals surface area (Å²) in [7, 11) is 0. The molecule has 6 nitrogen and oxygen atoms in total. The number of aromatic nitrogens is 2. The summed E-state index contributed by atoms with van der Waals surface area (Å²) < 4.78 is 2.09. The summed E-state index contributed by atoms with van der Waals surface area (Å²) in [6, 6.07) is 16.5.